The lowest BCUT2D eigenvalue weighted by Crippen LogP contribution is -2.62. The minimum atomic E-state index is -1.06. The molecule has 0 heterocycles. The molecule has 8 fully saturated rings. The Morgan fingerprint density at radius 3 is 1.64 bits per heavy atom. The Morgan fingerprint density at radius 1 is 0.623 bits per heavy atom. The Labute approximate surface area is 364 Å². The molecule has 8 aliphatic carbocycles. The third-order valence-corrected chi connectivity index (χ3v) is 21.4. The number of hydrogen-bond donors (Lipinski definition) is 7. The molecular formula is C50H81NO10. The van der Waals surface area contributed by atoms with E-state index >= 15 is 0 Å². The number of fused-ring (bicyclic) bond motifs is 10. The van der Waals surface area contributed by atoms with Gasteiger partial charge >= 0.3 is 11.9 Å². The highest BCUT2D eigenvalue weighted by Crippen LogP contribution is 2.70. The summed E-state index contributed by atoms with van der Waals surface area (Å²) in [6.45, 7) is 13.2. The molecule has 0 aromatic carbocycles. The van der Waals surface area contributed by atoms with E-state index < -0.39 is 30.4 Å². The molecule has 7 N–H and O–H groups in total. The first-order valence-corrected chi connectivity index (χ1v) is 24.8. The van der Waals surface area contributed by atoms with Crippen molar-refractivity contribution >= 4 is 17.8 Å². The van der Waals surface area contributed by atoms with Crippen LogP contribution in [0.1, 0.15) is 157 Å². The number of carboxylic acid groups (broad SMARTS) is 1. The number of nitrogens with one attached hydrogen (secondary N) is 1. The summed E-state index contributed by atoms with van der Waals surface area (Å²) < 4.78 is 6.26. The van der Waals surface area contributed by atoms with E-state index in [2.05, 4.69) is 46.9 Å². The van der Waals surface area contributed by atoms with Crippen LogP contribution in [0.5, 0.6) is 0 Å². The summed E-state index contributed by atoms with van der Waals surface area (Å²) in [5.74, 6) is 1.04. The second kappa shape index (κ2) is 16.9. The van der Waals surface area contributed by atoms with Crippen molar-refractivity contribution in [2.45, 2.75) is 194 Å². The van der Waals surface area contributed by atoms with E-state index in [0.717, 1.165) is 70.6 Å². The monoisotopic (exact) mass is 856 g/mol. The second-order valence-corrected chi connectivity index (χ2v) is 23.7. The summed E-state index contributed by atoms with van der Waals surface area (Å²) in [4.78, 5) is 36.8. The molecule has 0 spiro atoms. The molecule has 0 aromatic rings. The maximum absolute atomic E-state index is 13.6. The van der Waals surface area contributed by atoms with Crippen molar-refractivity contribution in [3.63, 3.8) is 0 Å². The minimum Gasteiger partial charge on any atom is -0.480 e. The normalized spacial score (nSPS) is 51.0. The van der Waals surface area contributed by atoms with Crippen LogP contribution < -0.4 is 5.32 Å². The van der Waals surface area contributed by atoms with E-state index in [1.807, 2.05) is 0 Å². The highest BCUT2D eigenvalue weighted by molar-refractivity contribution is 5.81. The zero-order chi connectivity index (χ0) is 44.0. The number of amides is 1. The topological polar surface area (TPSA) is 194 Å². The van der Waals surface area contributed by atoms with Crippen molar-refractivity contribution in [3.8, 4) is 0 Å². The Hall–Kier alpha value is -1.79. The van der Waals surface area contributed by atoms with Gasteiger partial charge in [0.1, 0.15) is 12.6 Å². The predicted molar refractivity (Wildman–Crippen MR) is 229 cm³/mol. The van der Waals surface area contributed by atoms with E-state index in [1.54, 1.807) is 0 Å². The number of aliphatic hydroxyl groups excluding tert-OH is 5. The van der Waals surface area contributed by atoms with Gasteiger partial charge in [-0.2, -0.15) is 0 Å². The van der Waals surface area contributed by atoms with E-state index in [1.165, 1.54) is 0 Å². The molecule has 346 valence electrons. The first kappa shape index (κ1) is 45.8. The van der Waals surface area contributed by atoms with Crippen LogP contribution in [-0.4, -0.2) is 91.7 Å². The van der Waals surface area contributed by atoms with Gasteiger partial charge in [0.15, 0.2) is 0 Å². The van der Waals surface area contributed by atoms with Gasteiger partial charge in [-0.25, -0.2) is 0 Å². The highest BCUT2D eigenvalue weighted by atomic mass is 16.5. The van der Waals surface area contributed by atoms with Gasteiger partial charge in [0.2, 0.25) is 5.91 Å². The van der Waals surface area contributed by atoms with Crippen molar-refractivity contribution in [2.75, 3.05) is 6.54 Å². The van der Waals surface area contributed by atoms with Crippen LogP contribution >= 0.6 is 0 Å². The lowest BCUT2D eigenvalue weighted by atomic mass is 9.43. The molecule has 8 aliphatic rings. The average Bonchev–Trinajstić information content (AvgIpc) is 3.75. The first-order valence-electron chi connectivity index (χ1n) is 24.8. The van der Waals surface area contributed by atoms with Crippen LogP contribution in [0.3, 0.4) is 0 Å². The van der Waals surface area contributed by atoms with Crippen molar-refractivity contribution in [2.24, 2.45) is 92.7 Å². The molecule has 0 bridgehead atoms. The molecule has 11 nitrogen and oxygen atoms in total. The lowest BCUT2D eigenvalue weighted by molar-refractivity contribution is -0.209. The van der Waals surface area contributed by atoms with E-state index in [4.69, 9.17) is 9.84 Å². The lowest BCUT2D eigenvalue weighted by Gasteiger charge is -2.63. The fourth-order valence-corrected chi connectivity index (χ4v) is 18.0. The molecule has 11 heteroatoms. The third kappa shape index (κ3) is 7.63. The molecule has 0 saturated heterocycles. The summed E-state index contributed by atoms with van der Waals surface area (Å²) in [6, 6.07) is 0. The number of carbonyl (C=O) groups is 3. The number of aliphatic carboxylic acids is 1. The van der Waals surface area contributed by atoms with Gasteiger partial charge in [-0.3, -0.25) is 14.4 Å². The molecular weight excluding hydrogens is 775 g/mol. The van der Waals surface area contributed by atoms with Gasteiger partial charge in [0.05, 0.1) is 30.5 Å². The summed E-state index contributed by atoms with van der Waals surface area (Å²) in [5, 5.41) is 69.6. The van der Waals surface area contributed by atoms with Crippen molar-refractivity contribution in [3.05, 3.63) is 0 Å². The van der Waals surface area contributed by atoms with Crippen LogP contribution in [0.4, 0.5) is 0 Å². The van der Waals surface area contributed by atoms with Gasteiger partial charge in [0, 0.05) is 12.8 Å². The number of hydrogen-bond acceptors (Lipinski definition) is 9. The van der Waals surface area contributed by atoms with Crippen molar-refractivity contribution < 1.29 is 49.8 Å². The van der Waals surface area contributed by atoms with Crippen molar-refractivity contribution in [1.29, 1.82) is 0 Å². The largest absolute Gasteiger partial charge is 0.480 e. The molecule has 8 saturated carbocycles. The second-order valence-electron chi connectivity index (χ2n) is 23.7. The van der Waals surface area contributed by atoms with E-state index in [9.17, 15) is 39.9 Å². The van der Waals surface area contributed by atoms with Gasteiger partial charge in [-0.1, -0.05) is 41.5 Å². The van der Waals surface area contributed by atoms with E-state index in [0.29, 0.717) is 44.4 Å². The summed E-state index contributed by atoms with van der Waals surface area (Å²) >= 11 is 0. The van der Waals surface area contributed by atoms with Gasteiger partial charge in [-0.05, 0) is 195 Å². The highest BCUT2D eigenvalue weighted by Gasteiger charge is 2.67. The minimum absolute atomic E-state index is 0.0428. The maximum Gasteiger partial charge on any atom is 0.322 e. The zero-order valence-electron chi connectivity index (χ0n) is 38.1. The smallest absolute Gasteiger partial charge is 0.322 e. The van der Waals surface area contributed by atoms with Crippen LogP contribution in [0.25, 0.3) is 0 Å². The van der Waals surface area contributed by atoms with Crippen LogP contribution in [0.15, 0.2) is 0 Å². The van der Waals surface area contributed by atoms with Gasteiger partial charge < -0.3 is 40.7 Å². The fraction of sp³-hybridized carbons (Fsp3) is 0.940. The number of aliphatic hydroxyl groups is 5. The molecule has 0 radical (unpaired) electrons. The molecule has 0 aliphatic heterocycles. The van der Waals surface area contributed by atoms with E-state index in [-0.39, 0.29) is 124 Å². The third-order valence-electron chi connectivity index (χ3n) is 21.4. The molecule has 22 atom stereocenters. The summed E-state index contributed by atoms with van der Waals surface area (Å²) in [5.41, 5.74) is -0.686. The molecule has 8 rings (SSSR count). The van der Waals surface area contributed by atoms with Gasteiger partial charge in [-0.15, -0.1) is 0 Å². The maximum atomic E-state index is 13.6. The number of carbonyl (C=O) groups excluding carboxylic acids is 2. The van der Waals surface area contributed by atoms with Gasteiger partial charge in [0.25, 0.3) is 0 Å². The Kier molecular flexibility index (Phi) is 12.7. The fourth-order valence-electron chi connectivity index (χ4n) is 18.0. The molecule has 1 amide bonds. The van der Waals surface area contributed by atoms with Crippen LogP contribution in [0, 0.1) is 92.7 Å². The Bertz CT molecular complexity index is 1640. The van der Waals surface area contributed by atoms with Crippen LogP contribution in [-0.2, 0) is 19.1 Å². The number of carboxylic acids is 1. The summed E-state index contributed by atoms with van der Waals surface area (Å²) in [6.07, 6.45) is 11.2. The molecule has 61 heavy (non-hydrogen) atoms. The predicted octanol–water partition coefficient (Wildman–Crippen LogP) is 6.49. The first-order chi connectivity index (χ1) is 28.7. The Balaban J connectivity index is 0.850. The van der Waals surface area contributed by atoms with Crippen molar-refractivity contribution in [1.82, 2.24) is 5.32 Å². The number of esters is 1. The standard InChI is InChI=1S/C50H81NO10/c1-26(7-13-42(57)51-25-43(58)59)32-9-11-35-46-37(24-41(56)49(32,35)5)48(4)18-16-31(20-29(48)22-39(46)54)61-44(60)14-8-27(2)33-10-12-34-45-36(23-40(55)50(33,34)6)47(3)17-15-30(52)19-28(47)21-38(45)53/h26-41,45-46,52-56H,7-25H2,1-6H3,(H,51,57)(H,58,59)/t26-,27-,28+,29?,30-,31-,32-,33-,34?,35+,36?,37+,38-,39-,40+,41+,45?,46+,47+,48+,49-,50-/m1/s1. The zero-order valence-corrected chi connectivity index (χ0v) is 38.1. The molecule has 4 unspecified atom stereocenters. The molecule has 0 aromatic heterocycles. The SMILES string of the molecule is C[C@H](CCC(=O)O[C@@H]1CC[C@@]2(C)C(C1)C[C@@H](O)[C@H]1[C@@H]3CC[C@H]([C@H](C)CCC(=O)NCC(=O)O)[C@@]3(C)[C@@H](O)C[C@@H]12)[C@H]1CCC2C3C(C[C@H](O)[C@@]21C)[C@@]1(C)CC[C@@H](O)C[C@H]1C[C@H]3O. The number of rotatable bonds is 11. The summed E-state index contributed by atoms with van der Waals surface area (Å²) in [7, 11) is 0. The average molecular weight is 856 g/mol. The Morgan fingerprint density at radius 2 is 1.11 bits per heavy atom. The van der Waals surface area contributed by atoms with Crippen LogP contribution in [0.2, 0.25) is 0 Å². The number of ether oxygens (including phenoxy) is 1. The quantitative estimate of drug-likeness (QED) is 0.113.